The number of anilines is 1. The number of methoxy groups -OCH3 is 1. The molecule has 6 heteroatoms. The zero-order valence-corrected chi connectivity index (χ0v) is 15.3. The Kier molecular flexibility index (Phi) is 6.25. The van der Waals surface area contributed by atoms with Gasteiger partial charge < -0.3 is 14.6 Å². The van der Waals surface area contributed by atoms with E-state index in [0.717, 1.165) is 16.8 Å². The SMILES string of the molecule is COc1cc(C=NNc2ccccc2)ccc1OCc1cccc(C(=O)O)c1. The van der Waals surface area contributed by atoms with E-state index in [0.29, 0.717) is 11.5 Å². The minimum Gasteiger partial charge on any atom is -0.493 e. The molecule has 28 heavy (non-hydrogen) atoms. The summed E-state index contributed by atoms with van der Waals surface area (Å²) in [4.78, 5) is 11.1. The maximum Gasteiger partial charge on any atom is 0.335 e. The molecule has 6 nitrogen and oxygen atoms in total. The highest BCUT2D eigenvalue weighted by Crippen LogP contribution is 2.28. The summed E-state index contributed by atoms with van der Waals surface area (Å²) < 4.78 is 11.2. The summed E-state index contributed by atoms with van der Waals surface area (Å²) in [6, 6.07) is 21.8. The van der Waals surface area contributed by atoms with Gasteiger partial charge in [0.2, 0.25) is 0 Å². The first kappa shape index (κ1) is 19.0. The monoisotopic (exact) mass is 376 g/mol. The van der Waals surface area contributed by atoms with Crippen molar-refractivity contribution >= 4 is 17.9 Å². The molecule has 0 unspecified atom stereocenters. The number of hydrogen-bond donors (Lipinski definition) is 2. The first-order valence-electron chi connectivity index (χ1n) is 8.63. The molecular formula is C22H20N2O4. The quantitative estimate of drug-likeness (QED) is 0.449. The normalized spacial score (nSPS) is 10.6. The molecule has 0 atom stereocenters. The molecule has 0 amide bonds. The molecule has 2 N–H and O–H groups in total. The summed E-state index contributed by atoms with van der Waals surface area (Å²) >= 11 is 0. The van der Waals surface area contributed by atoms with E-state index in [4.69, 9.17) is 14.6 Å². The number of benzene rings is 3. The van der Waals surface area contributed by atoms with Gasteiger partial charge in [-0.25, -0.2) is 4.79 Å². The fourth-order valence-electron chi connectivity index (χ4n) is 2.53. The van der Waals surface area contributed by atoms with Crippen LogP contribution in [-0.2, 0) is 6.61 Å². The number of nitrogens with zero attached hydrogens (tertiary/aromatic N) is 1. The fraction of sp³-hybridized carbons (Fsp3) is 0.0909. The van der Waals surface area contributed by atoms with Gasteiger partial charge in [0.15, 0.2) is 11.5 Å². The number of hydrogen-bond acceptors (Lipinski definition) is 5. The lowest BCUT2D eigenvalue weighted by Crippen LogP contribution is -2.01. The predicted octanol–water partition coefficient (Wildman–Crippen LogP) is 4.42. The second-order valence-corrected chi connectivity index (χ2v) is 5.94. The highest BCUT2D eigenvalue weighted by atomic mass is 16.5. The van der Waals surface area contributed by atoms with Gasteiger partial charge in [-0.3, -0.25) is 5.43 Å². The van der Waals surface area contributed by atoms with Gasteiger partial charge >= 0.3 is 5.97 Å². The lowest BCUT2D eigenvalue weighted by Gasteiger charge is -2.11. The molecule has 0 saturated heterocycles. The predicted molar refractivity (Wildman–Crippen MR) is 108 cm³/mol. The fourth-order valence-corrected chi connectivity index (χ4v) is 2.53. The van der Waals surface area contributed by atoms with Gasteiger partial charge in [0.1, 0.15) is 6.61 Å². The van der Waals surface area contributed by atoms with Crippen molar-refractivity contribution in [3.8, 4) is 11.5 Å². The Balaban J connectivity index is 1.66. The van der Waals surface area contributed by atoms with E-state index >= 15 is 0 Å². The Labute approximate surface area is 163 Å². The molecule has 0 bridgehead atoms. The first-order valence-corrected chi connectivity index (χ1v) is 8.63. The number of carbonyl (C=O) groups is 1. The lowest BCUT2D eigenvalue weighted by molar-refractivity contribution is 0.0696. The van der Waals surface area contributed by atoms with Crippen LogP contribution in [0.25, 0.3) is 0 Å². The van der Waals surface area contributed by atoms with Crippen molar-refractivity contribution in [3.63, 3.8) is 0 Å². The number of nitrogens with one attached hydrogen (secondary N) is 1. The second-order valence-electron chi connectivity index (χ2n) is 5.94. The van der Waals surface area contributed by atoms with Crippen LogP contribution < -0.4 is 14.9 Å². The largest absolute Gasteiger partial charge is 0.493 e. The van der Waals surface area contributed by atoms with Gasteiger partial charge in [-0.15, -0.1) is 0 Å². The van der Waals surface area contributed by atoms with Crippen molar-refractivity contribution in [1.29, 1.82) is 0 Å². The Morgan fingerprint density at radius 1 is 1.04 bits per heavy atom. The number of hydrazone groups is 1. The Hall–Kier alpha value is -3.80. The van der Waals surface area contributed by atoms with Gasteiger partial charge in [0.25, 0.3) is 0 Å². The highest BCUT2D eigenvalue weighted by Gasteiger charge is 2.07. The summed E-state index contributed by atoms with van der Waals surface area (Å²) in [6.45, 7) is 0.237. The van der Waals surface area contributed by atoms with Gasteiger partial charge in [-0.1, -0.05) is 30.3 Å². The van der Waals surface area contributed by atoms with Crippen LogP contribution in [0.1, 0.15) is 21.5 Å². The third-order valence-electron chi connectivity index (χ3n) is 3.94. The van der Waals surface area contributed by atoms with Crippen molar-refractivity contribution in [2.24, 2.45) is 5.10 Å². The maximum atomic E-state index is 11.1. The number of para-hydroxylation sites is 1. The highest BCUT2D eigenvalue weighted by molar-refractivity contribution is 5.87. The molecule has 0 aliphatic rings. The van der Waals surface area contributed by atoms with Crippen molar-refractivity contribution in [2.45, 2.75) is 6.61 Å². The van der Waals surface area contributed by atoms with Crippen LogP contribution in [0.15, 0.2) is 77.9 Å². The topological polar surface area (TPSA) is 80.1 Å². The van der Waals surface area contributed by atoms with Gasteiger partial charge in [-0.05, 0) is 53.6 Å². The number of aromatic carboxylic acids is 1. The molecular weight excluding hydrogens is 356 g/mol. The van der Waals surface area contributed by atoms with Crippen LogP contribution >= 0.6 is 0 Å². The van der Waals surface area contributed by atoms with E-state index < -0.39 is 5.97 Å². The molecule has 0 spiro atoms. The molecule has 142 valence electrons. The van der Waals surface area contributed by atoms with Gasteiger partial charge in [0, 0.05) is 0 Å². The third-order valence-corrected chi connectivity index (χ3v) is 3.94. The molecule has 0 aliphatic heterocycles. The van der Waals surface area contributed by atoms with Gasteiger partial charge in [0.05, 0.1) is 24.6 Å². The molecule has 0 saturated carbocycles. The minimum absolute atomic E-state index is 0.227. The maximum absolute atomic E-state index is 11.1. The number of ether oxygens (including phenoxy) is 2. The van der Waals surface area contributed by atoms with Gasteiger partial charge in [-0.2, -0.15) is 5.10 Å². The zero-order chi connectivity index (χ0) is 19.8. The van der Waals surface area contributed by atoms with E-state index in [9.17, 15) is 4.79 Å². The standard InChI is InChI=1S/C22H20N2O4/c1-27-21-13-16(14-23-24-19-8-3-2-4-9-19)10-11-20(21)28-15-17-6-5-7-18(12-17)22(25)26/h2-14,24H,15H2,1H3,(H,25,26). The van der Waals surface area contributed by atoms with Crippen LogP contribution in [0.3, 0.4) is 0 Å². The molecule has 0 aromatic heterocycles. The Morgan fingerprint density at radius 2 is 1.86 bits per heavy atom. The zero-order valence-electron chi connectivity index (χ0n) is 15.3. The number of carboxylic acid groups (broad SMARTS) is 1. The van der Waals surface area contributed by atoms with Crippen molar-refractivity contribution in [3.05, 3.63) is 89.5 Å². The number of carboxylic acids is 1. The van der Waals surface area contributed by atoms with E-state index in [1.54, 1.807) is 37.6 Å². The van der Waals surface area contributed by atoms with Crippen LogP contribution in [0.5, 0.6) is 11.5 Å². The summed E-state index contributed by atoms with van der Waals surface area (Å²) in [5.41, 5.74) is 5.69. The average molecular weight is 376 g/mol. The summed E-state index contributed by atoms with van der Waals surface area (Å²) in [5.74, 6) is 0.168. The van der Waals surface area contributed by atoms with E-state index in [1.807, 2.05) is 48.5 Å². The van der Waals surface area contributed by atoms with Crippen LogP contribution in [-0.4, -0.2) is 24.4 Å². The van der Waals surface area contributed by atoms with E-state index in [-0.39, 0.29) is 12.2 Å². The Morgan fingerprint density at radius 3 is 2.61 bits per heavy atom. The summed E-state index contributed by atoms with van der Waals surface area (Å²) in [6.07, 6.45) is 1.69. The summed E-state index contributed by atoms with van der Waals surface area (Å²) in [5, 5.41) is 13.3. The van der Waals surface area contributed by atoms with Crippen LogP contribution in [0.2, 0.25) is 0 Å². The molecule has 0 aliphatic carbocycles. The van der Waals surface area contributed by atoms with Crippen molar-refractivity contribution < 1.29 is 19.4 Å². The molecule has 3 aromatic rings. The Bertz CT molecular complexity index is 971. The van der Waals surface area contributed by atoms with Crippen molar-refractivity contribution in [2.75, 3.05) is 12.5 Å². The second kappa shape index (κ2) is 9.23. The smallest absolute Gasteiger partial charge is 0.335 e. The van der Waals surface area contributed by atoms with Crippen LogP contribution in [0, 0.1) is 0 Å². The van der Waals surface area contributed by atoms with E-state index in [2.05, 4.69) is 10.5 Å². The lowest BCUT2D eigenvalue weighted by atomic mass is 10.1. The summed E-state index contributed by atoms with van der Waals surface area (Å²) in [7, 11) is 1.57. The first-order chi connectivity index (χ1) is 13.7. The third kappa shape index (κ3) is 5.11. The van der Waals surface area contributed by atoms with Crippen LogP contribution in [0.4, 0.5) is 5.69 Å². The number of rotatable bonds is 8. The van der Waals surface area contributed by atoms with E-state index in [1.165, 1.54) is 0 Å². The molecule has 0 heterocycles. The molecule has 0 radical (unpaired) electrons. The minimum atomic E-state index is -0.966. The molecule has 3 aromatic carbocycles. The molecule has 0 fully saturated rings. The van der Waals surface area contributed by atoms with Crippen molar-refractivity contribution in [1.82, 2.24) is 0 Å². The average Bonchev–Trinajstić information content (AvgIpc) is 2.73. The molecule has 3 rings (SSSR count).